The van der Waals surface area contributed by atoms with E-state index in [-0.39, 0.29) is 18.4 Å². The molecule has 1 amide bonds. The van der Waals surface area contributed by atoms with Crippen molar-refractivity contribution in [3.63, 3.8) is 0 Å². The van der Waals surface area contributed by atoms with Crippen LogP contribution in [0.5, 0.6) is 0 Å². The first-order valence-corrected chi connectivity index (χ1v) is 10.0. The summed E-state index contributed by atoms with van der Waals surface area (Å²) in [6, 6.07) is -0.118. The van der Waals surface area contributed by atoms with Gasteiger partial charge in [0.05, 0.1) is 43.3 Å². The number of aryl methyl sites for hydroxylation is 2. The number of thiazole rings is 1. The lowest BCUT2D eigenvalue weighted by molar-refractivity contribution is -0.139. The van der Waals surface area contributed by atoms with Gasteiger partial charge in [0.1, 0.15) is 10.7 Å². The zero-order valence-electron chi connectivity index (χ0n) is 16.1. The third kappa shape index (κ3) is 3.55. The Hall–Kier alpha value is -2.65. The van der Waals surface area contributed by atoms with E-state index >= 15 is 0 Å². The van der Waals surface area contributed by atoms with Gasteiger partial charge in [-0.15, -0.1) is 11.3 Å². The Morgan fingerprint density at radius 2 is 2.21 bits per heavy atom. The number of hydrogen-bond acceptors (Lipinski definition) is 7. The zero-order valence-corrected chi connectivity index (χ0v) is 16.9. The van der Waals surface area contributed by atoms with Gasteiger partial charge in [-0.2, -0.15) is 5.10 Å². The molecule has 1 saturated heterocycles. The predicted molar refractivity (Wildman–Crippen MR) is 105 cm³/mol. The summed E-state index contributed by atoms with van der Waals surface area (Å²) in [4.78, 5) is 27.9. The van der Waals surface area contributed by atoms with Crippen molar-refractivity contribution in [1.29, 1.82) is 0 Å². The van der Waals surface area contributed by atoms with Crippen LogP contribution in [0.4, 0.5) is 0 Å². The highest BCUT2D eigenvalue weighted by molar-refractivity contribution is 7.13. The summed E-state index contributed by atoms with van der Waals surface area (Å²) in [5.41, 5.74) is 4.54. The van der Waals surface area contributed by atoms with Gasteiger partial charge in [0, 0.05) is 42.6 Å². The van der Waals surface area contributed by atoms with Gasteiger partial charge in [-0.1, -0.05) is 0 Å². The molecule has 1 unspecified atom stereocenters. The summed E-state index contributed by atoms with van der Waals surface area (Å²) in [7, 11) is 1.92. The molecule has 146 valence electrons. The van der Waals surface area contributed by atoms with Crippen LogP contribution in [0.1, 0.15) is 28.7 Å². The first-order valence-electron chi connectivity index (χ1n) is 9.12. The number of amides is 1. The van der Waals surface area contributed by atoms with E-state index in [4.69, 9.17) is 4.74 Å². The second kappa shape index (κ2) is 7.76. The average molecular weight is 398 g/mol. The van der Waals surface area contributed by atoms with Crippen LogP contribution in [0, 0.1) is 13.8 Å². The molecule has 8 nitrogen and oxygen atoms in total. The topological polar surface area (TPSA) is 86.0 Å². The molecule has 0 N–H and O–H groups in total. The molecule has 1 atom stereocenters. The van der Waals surface area contributed by atoms with Gasteiger partial charge < -0.3 is 9.64 Å². The Morgan fingerprint density at radius 1 is 1.36 bits per heavy atom. The maximum atomic E-state index is 13.1. The number of carbonyl (C=O) groups excluding carboxylic acids is 1. The minimum Gasteiger partial charge on any atom is -0.377 e. The Balaban J connectivity index is 1.54. The maximum absolute atomic E-state index is 13.1. The SMILES string of the molecule is Cc1nn(C)c(C)c1C1COCCN1C(=O)Cc1csc(-c2cnccn2)n1. The van der Waals surface area contributed by atoms with Crippen LogP contribution in [-0.2, 0) is 23.0 Å². The van der Waals surface area contributed by atoms with Crippen LogP contribution in [0.25, 0.3) is 10.7 Å². The van der Waals surface area contributed by atoms with Gasteiger partial charge in [-0.3, -0.25) is 19.4 Å². The fraction of sp³-hybridized carbons (Fsp3) is 0.421. The van der Waals surface area contributed by atoms with E-state index in [0.717, 1.165) is 33.3 Å². The highest BCUT2D eigenvalue weighted by Crippen LogP contribution is 2.30. The average Bonchev–Trinajstić information content (AvgIpc) is 3.27. The predicted octanol–water partition coefficient (Wildman–Crippen LogP) is 2.09. The number of ether oxygens (including phenoxy) is 1. The number of carbonyl (C=O) groups is 1. The highest BCUT2D eigenvalue weighted by atomic mass is 32.1. The van der Waals surface area contributed by atoms with Gasteiger partial charge >= 0.3 is 0 Å². The first-order chi connectivity index (χ1) is 13.5. The minimum absolute atomic E-state index is 0.0481. The van der Waals surface area contributed by atoms with E-state index in [9.17, 15) is 4.79 Å². The van der Waals surface area contributed by atoms with E-state index in [1.54, 1.807) is 18.6 Å². The van der Waals surface area contributed by atoms with Crippen LogP contribution in [-0.4, -0.2) is 55.3 Å². The molecular weight excluding hydrogens is 376 g/mol. The Morgan fingerprint density at radius 3 is 2.93 bits per heavy atom. The summed E-state index contributed by atoms with van der Waals surface area (Å²) in [6.07, 6.45) is 5.20. The van der Waals surface area contributed by atoms with Crippen molar-refractivity contribution >= 4 is 17.2 Å². The van der Waals surface area contributed by atoms with Crippen LogP contribution >= 0.6 is 11.3 Å². The molecule has 4 heterocycles. The van der Waals surface area contributed by atoms with Crippen LogP contribution in [0.15, 0.2) is 24.0 Å². The van der Waals surface area contributed by atoms with Crippen molar-refractivity contribution in [2.24, 2.45) is 7.05 Å². The molecule has 4 rings (SSSR count). The summed E-state index contributed by atoms with van der Waals surface area (Å²) < 4.78 is 7.55. The molecule has 1 fully saturated rings. The van der Waals surface area contributed by atoms with Crippen molar-refractivity contribution in [3.05, 3.63) is 46.6 Å². The van der Waals surface area contributed by atoms with Crippen molar-refractivity contribution in [2.75, 3.05) is 19.8 Å². The number of morpholine rings is 1. The molecule has 0 radical (unpaired) electrons. The Kier molecular flexibility index (Phi) is 5.19. The number of nitrogens with zero attached hydrogens (tertiary/aromatic N) is 6. The molecule has 9 heteroatoms. The molecule has 28 heavy (non-hydrogen) atoms. The van der Waals surface area contributed by atoms with Gasteiger partial charge in [-0.05, 0) is 13.8 Å². The highest BCUT2D eigenvalue weighted by Gasteiger charge is 2.32. The number of rotatable bonds is 4. The van der Waals surface area contributed by atoms with Gasteiger partial charge in [0.15, 0.2) is 0 Å². The molecule has 0 aliphatic carbocycles. The first kappa shape index (κ1) is 18.7. The summed E-state index contributed by atoms with van der Waals surface area (Å²) >= 11 is 1.47. The van der Waals surface area contributed by atoms with E-state index < -0.39 is 0 Å². The van der Waals surface area contributed by atoms with Gasteiger partial charge in [0.25, 0.3) is 0 Å². The van der Waals surface area contributed by atoms with E-state index in [1.165, 1.54) is 11.3 Å². The molecule has 0 aromatic carbocycles. The molecule has 0 bridgehead atoms. The third-order valence-electron chi connectivity index (χ3n) is 5.01. The molecule has 1 aliphatic rings. The Labute approximate surface area is 167 Å². The molecular formula is C19H22N6O2S. The second-order valence-corrected chi connectivity index (χ2v) is 7.66. The quantitative estimate of drug-likeness (QED) is 0.669. The number of hydrogen-bond donors (Lipinski definition) is 0. The van der Waals surface area contributed by atoms with Crippen molar-refractivity contribution in [3.8, 4) is 10.7 Å². The van der Waals surface area contributed by atoms with Crippen molar-refractivity contribution < 1.29 is 9.53 Å². The van der Waals surface area contributed by atoms with Crippen LogP contribution in [0.2, 0.25) is 0 Å². The monoisotopic (exact) mass is 398 g/mol. The summed E-state index contributed by atoms with van der Waals surface area (Å²) in [5, 5.41) is 7.19. The summed E-state index contributed by atoms with van der Waals surface area (Å²) in [5.74, 6) is 0.0481. The van der Waals surface area contributed by atoms with Crippen LogP contribution < -0.4 is 0 Å². The van der Waals surface area contributed by atoms with E-state index in [2.05, 4.69) is 20.1 Å². The van der Waals surface area contributed by atoms with Crippen molar-refractivity contribution in [1.82, 2.24) is 29.6 Å². The zero-order chi connectivity index (χ0) is 19.7. The summed E-state index contributed by atoms with van der Waals surface area (Å²) in [6.45, 7) is 5.61. The largest absolute Gasteiger partial charge is 0.377 e. The van der Waals surface area contributed by atoms with E-state index in [1.807, 2.05) is 35.9 Å². The maximum Gasteiger partial charge on any atom is 0.229 e. The normalized spacial score (nSPS) is 17.1. The molecule has 0 spiro atoms. The van der Waals surface area contributed by atoms with Crippen LogP contribution in [0.3, 0.4) is 0 Å². The fourth-order valence-corrected chi connectivity index (χ4v) is 4.37. The lowest BCUT2D eigenvalue weighted by Gasteiger charge is -2.36. The van der Waals surface area contributed by atoms with Gasteiger partial charge in [0.2, 0.25) is 5.91 Å². The Bertz CT molecular complexity index is 984. The standard InChI is InChI=1S/C19H22N6O2S/c1-12-18(13(2)24(3)23-12)16-10-27-7-6-25(16)17(26)8-14-11-28-19(22-14)15-9-20-4-5-21-15/h4-5,9,11,16H,6-8,10H2,1-3H3. The lowest BCUT2D eigenvalue weighted by Crippen LogP contribution is -2.44. The van der Waals surface area contributed by atoms with Gasteiger partial charge in [-0.25, -0.2) is 4.98 Å². The second-order valence-electron chi connectivity index (χ2n) is 6.80. The fourth-order valence-electron chi connectivity index (χ4n) is 3.59. The third-order valence-corrected chi connectivity index (χ3v) is 5.93. The molecule has 3 aromatic rings. The minimum atomic E-state index is -0.118. The van der Waals surface area contributed by atoms with Crippen molar-refractivity contribution in [2.45, 2.75) is 26.3 Å². The van der Waals surface area contributed by atoms with E-state index in [0.29, 0.717) is 19.8 Å². The molecule has 0 saturated carbocycles. The number of aromatic nitrogens is 5. The smallest absolute Gasteiger partial charge is 0.229 e. The molecule has 1 aliphatic heterocycles. The lowest BCUT2D eigenvalue weighted by atomic mass is 10.0. The molecule has 3 aromatic heterocycles.